The van der Waals surface area contributed by atoms with Gasteiger partial charge in [0.15, 0.2) is 0 Å². The highest BCUT2D eigenvalue weighted by Crippen LogP contribution is 2.22. The van der Waals surface area contributed by atoms with Crippen LogP contribution >= 0.6 is 0 Å². The van der Waals surface area contributed by atoms with Crippen molar-refractivity contribution in [1.29, 1.82) is 0 Å². The van der Waals surface area contributed by atoms with Crippen molar-refractivity contribution < 1.29 is 9.90 Å². The molecule has 0 saturated heterocycles. The van der Waals surface area contributed by atoms with Crippen molar-refractivity contribution in [1.82, 2.24) is 4.98 Å². The van der Waals surface area contributed by atoms with E-state index >= 15 is 0 Å². The molecule has 0 bridgehead atoms. The van der Waals surface area contributed by atoms with Crippen LogP contribution in [0.5, 0.6) is 0 Å². The van der Waals surface area contributed by atoms with Gasteiger partial charge in [0.05, 0.1) is 5.52 Å². The van der Waals surface area contributed by atoms with E-state index in [-0.39, 0.29) is 6.42 Å². The summed E-state index contributed by atoms with van der Waals surface area (Å²) in [6.07, 6.45) is 4.15. The van der Waals surface area contributed by atoms with Crippen molar-refractivity contribution in [2.24, 2.45) is 0 Å². The first kappa shape index (κ1) is 14.5. The first-order valence-electron chi connectivity index (χ1n) is 7.21. The molecule has 3 heteroatoms. The highest BCUT2D eigenvalue weighted by molar-refractivity contribution is 5.83. The molecular weight excluding hydrogens is 250 g/mol. The van der Waals surface area contributed by atoms with Gasteiger partial charge >= 0.3 is 5.97 Å². The molecule has 0 amide bonds. The standard InChI is InChI=1S/C17H21NO2/c1-3-4-5-13-6-8-16-15(11-13)14(7-9-17(19)20)10-12(2)18-16/h6,8,10-11H,3-5,7,9H2,1-2H3,(H,19,20). The quantitative estimate of drug-likeness (QED) is 0.866. The molecular formula is C17H21NO2. The van der Waals surface area contributed by atoms with Gasteiger partial charge in [-0.3, -0.25) is 9.78 Å². The smallest absolute Gasteiger partial charge is 0.303 e. The molecule has 1 heterocycles. The fourth-order valence-electron chi connectivity index (χ4n) is 2.47. The number of carboxylic acids is 1. The minimum absolute atomic E-state index is 0.164. The number of aliphatic carboxylic acids is 1. The number of aryl methyl sites for hydroxylation is 3. The molecule has 0 unspecified atom stereocenters. The van der Waals surface area contributed by atoms with E-state index in [2.05, 4.69) is 30.1 Å². The summed E-state index contributed by atoms with van der Waals surface area (Å²) in [6, 6.07) is 8.37. The van der Waals surface area contributed by atoms with E-state index in [9.17, 15) is 4.79 Å². The number of aromatic nitrogens is 1. The Kier molecular flexibility index (Phi) is 4.72. The number of carbonyl (C=O) groups is 1. The summed E-state index contributed by atoms with van der Waals surface area (Å²) in [5, 5.41) is 9.97. The second-order valence-electron chi connectivity index (χ2n) is 5.27. The predicted octanol–water partition coefficient (Wildman–Crippen LogP) is 3.90. The third kappa shape index (κ3) is 3.56. The van der Waals surface area contributed by atoms with Crippen LogP contribution in [0.1, 0.15) is 43.0 Å². The Hall–Kier alpha value is -1.90. The molecule has 1 N–H and O–H groups in total. The van der Waals surface area contributed by atoms with Gasteiger partial charge in [0.25, 0.3) is 0 Å². The second-order valence-corrected chi connectivity index (χ2v) is 5.27. The van der Waals surface area contributed by atoms with Crippen LogP contribution in [0.3, 0.4) is 0 Å². The highest BCUT2D eigenvalue weighted by atomic mass is 16.4. The maximum Gasteiger partial charge on any atom is 0.303 e. The lowest BCUT2D eigenvalue weighted by Gasteiger charge is -2.09. The molecule has 0 saturated carbocycles. The zero-order chi connectivity index (χ0) is 14.5. The Morgan fingerprint density at radius 2 is 2.05 bits per heavy atom. The number of pyridine rings is 1. The Morgan fingerprint density at radius 3 is 2.75 bits per heavy atom. The van der Waals surface area contributed by atoms with E-state index in [4.69, 9.17) is 5.11 Å². The van der Waals surface area contributed by atoms with E-state index in [1.54, 1.807) is 0 Å². The average molecular weight is 271 g/mol. The Bertz CT molecular complexity index is 620. The topological polar surface area (TPSA) is 50.2 Å². The molecule has 106 valence electrons. The number of hydrogen-bond acceptors (Lipinski definition) is 2. The summed E-state index contributed by atoms with van der Waals surface area (Å²) in [4.78, 5) is 15.3. The largest absolute Gasteiger partial charge is 0.481 e. The number of hydrogen-bond donors (Lipinski definition) is 1. The molecule has 3 nitrogen and oxygen atoms in total. The molecule has 0 aliphatic heterocycles. The lowest BCUT2D eigenvalue weighted by atomic mass is 9.99. The van der Waals surface area contributed by atoms with Gasteiger partial charge in [0.2, 0.25) is 0 Å². The van der Waals surface area contributed by atoms with Crippen LogP contribution in [-0.2, 0) is 17.6 Å². The Labute approximate surface area is 119 Å². The fourth-order valence-corrected chi connectivity index (χ4v) is 2.47. The van der Waals surface area contributed by atoms with E-state index in [1.165, 1.54) is 18.4 Å². The lowest BCUT2D eigenvalue weighted by molar-refractivity contribution is -0.136. The first-order valence-corrected chi connectivity index (χ1v) is 7.21. The molecule has 0 atom stereocenters. The van der Waals surface area contributed by atoms with Crippen LogP contribution in [0, 0.1) is 6.92 Å². The Balaban J connectivity index is 2.39. The Morgan fingerprint density at radius 1 is 1.25 bits per heavy atom. The van der Waals surface area contributed by atoms with Gasteiger partial charge in [-0.15, -0.1) is 0 Å². The van der Waals surface area contributed by atoms with Gasteiger partial charge in [0.1, 0.15) is 0 Å². The van der Waals surface area contributed by atoms with Crippen LogP contribution in [0.15, 0.2) is 24.3 Å². The maximum absolute atomic E-state index is 10.8. The normalized spacial score (nSPS) is 10.9. The zero-order valence-electron chi connectivity index (χ0n) is 12.1. The molecule has 0 spiro atoms. The number of unbranched alkanes of at least 4 members (excludes halogenated alkanes) is 1. The average Bonchev–Trinajstić information content (AvgIpc) is 2.42. The fraction of sp³-hybridized carbons (Fsp3) is 0.412. The van der Waals surface area contributed by atoms with E-state index in [0.717, 1.165) is 28.6 Å². The maximum atomic E-state index is 10.8. The third-order valence-corrected chi connectivity index (χ3v) is 3.51. The van der Waals surface area contributed by atoms with Crippen LogP contribution in [-0.4, -0.2) is 16.1 Å². The number of nitrogens with zero attached hydrogens (tertiary/aromatic N) is 1. The van der Waals surface area contributed by atoms with Gasteiger partial charge in [-0.2, -0.15) is 0 Å². The summed E-state index contributed by atoms with van der Waals surface area (Å²) in [7, 11) is 0. The second kappa shape index (κ2) is 6.51. The molecule has 1 aromatic heterocycles. The molecule has 2 rings (SSSR count). The first-order chi connectivity index (χ1) is 9.60. The van der Waals surface area contributed by atoms with Gasteiger partial charge in [-0.25, -0.2) is 0 Å². The zero-order valence-corrected chi connectivity index (χ0v) is 12.1. The van der Waals surface area contributed by atoms with Crippen molar-refractivity contribution in [3.05, 3.63) is 41.1 Å². The molecule has 0 radical (unpaired) electrons. The summed E-state index contributed by atoms with van der Waals surface area (Å²) >= 11 is 0. The summed E-state index contributed by atoms with van der Waals surface area (Å²) in [5.74, 6) is -0.755. The minimum Gasteiger partial charge on any atom is -0.481 e. The summed E-state index contributed by atoms with van der Waals surface area (Å²) in [5.41, 5.74) is 4.31. The molecule has 20 heavy (non-hydrogen) atoms. The van der Waals surface area contributed by atoms with Crippen LogP contribution < -0.4 is 0 Å². The highest BCUT2D eigenvalue weighted by Gasteiger charge is 2.07. The number of carboxylic acid groups (broad SMARTS) is 1. The molecule has 2 aromatic rings. The molecule has 0 aliphatic rings. The minimum atomic E-state index is -0.755. The lowest BCUT2D eigenvalue weighted by Crippen LogP contribution is -2.00. The summed E-state index contributed by atoms with van der Waals surface area (Å²) < 4.78 is 0. The van der Waals surface area contributed by atoms with Crippen LogP contribution in [0.2, 0.25) is 0 Å². The molecule has 1 aromatic carbocycles. The van der Waals surface area contributed by atoms with E-state index in [0.29, 0.717) is 6.42 Å². The van der Waals surface area contributed by atoms with Gasteiger partial charge in [-0.1, -0.05) is 19.4 Å². The van der Waals surface area contributed by atoms with Gasteiger partial charge in [-0.05, 0) is 55.5 Å². The molecule has 0 fully saturated rings. The van der Waals surface area contributed by atoms with Crippen molar-refractivity contribution in [3.63, 3.8) is 0 Å². The number of benzene rings is 1. The summed E-state index contributed by atoms with van der Waals surface area (Å²) in [6.45, 7) is 4.14. The number of fused-ring (bicyclic) bond motifs is 1. The van der Waals surface area contributed by atoms with Crippen molar-refractivity contribution >= 4 is 16.9 Å². The van der Waals surface area contributed by atoms with Crippen LogP contribution in [0.4, 0.5) is 0 Å². The SMILES string of the molecule is CCCCc1ccc2nc(C)cc(CCC(=O)O)c2c1. The third-order valence-electron chi connectivity index (χ3n) is 3.51. The predicted molar refractivity (Wildman–Crippen MR) is 81.0 cm³/mol. The molecule has 0 aliphatic carbocycles. The number of rotatable bonds is 6. The van der Waals surface area contributed by atoms with Crippen molar-refractivity contribution in [3.8, 4) is 0 Å². The monoisotopic (exact) mass is 271 g/mol. The van der Waals surface area contributed by atoms with Crippen molar-refractivity contribution in [2.75, 3.05) is 0 Å². The van der Waals surface area contributed by atoms with Crippen molar-refractivity contribution in [2.45, 2.75) is 46.0 Å². The van der Waals surface area contributed by atoms with E-state index in [1.807, 2.05) is 13.0 Å². The van der Waals surface area contributed by atoms with E-state index < -0.39 is 5.97 Å². The van der Waals surface area contributed by atoms with Gasteiger partial charge in [0, 0.05) is 17.5 Å². The van der Waals surface area contributed by atoms with Crippen LogP contribution in [0.25, 0.3) is 10.9 Å². The van der Waals surface area contributed by atoms with Gasteiger partial charge < -0.3 is 5.11 Å².